The van der Waals surface area contributed by atoms with E-state index in [0.717, 1.165) is 23.0 Å². The van der Waals surface area contributed by atoms with Gasteiger partial charge in [-0.3, -0.25) is 15.4 Å². The zero-order valence-corrected chi connectivity index (χ0v) is 12.5. The standard InChI is InChI=1S/C14H18ClN5O/c1-21-9-3-8-18-14(20-16)19-12-6-5-11(15)10-4-2-7-17-13(10)12/h2,4-7H,3,8-9,16H2,1H3,(H2,18,19,20). The highest BCUT2D eigenvalue weighted by Crippen LogP contribution is 2.27. The van der Waals surface area contributed by atoms with Gasteiger partial charge in [-0.25, -0.2) is 5.84 Å². The number of nitrogens with one attached hydrogen (secondary N) is 2. The zero-order valence-electron chi connectivity index (χ0n) is 11.8. The number of hydrogen-bond donors (Lipinski definition) is 3. The molecule has 2 aromatic rings. The van der Waals surface area contributed by atoms with Crippen molar-refractivity contribution in [3.63, 3.8) is 0 Å². The van der Waals surface area contributed by atoms with Crippen LogP contribution in [0.3, 0.4) is 0 Å². The third-order valence-corrected chi connectivity index (χ3v) is 3.21. The maximum absolute atomic E-state index is 6.17. The van der Waals surface area contributed by atoms with E-state index >= 15 is 0 Å². The highest BCUT2D eigenvalue weighted by Gasteiger charge is 2.07. The Hall–Kier alpha value is -1.89. The van der Waals surface area contributed by atoms with Crippen molar-refractivity contribution in [2.75, 3.05) is 25.6 Å². The highest BCUT2D eigenvalue weighted by molar-refractivity contribution is 6.35. The van der Waals surface area contributed by atoms with Gasteiger partial charge in [0.15, 0.2) is 0 Å². The third-order valence-electron chi connectivity index (χ3n) is 2.88. The fourth-order valence-corrected chi connectivity index (χ4v) is 2.10. The van der Waals surface area contributed by atoms with Crippen LogP contribution in [-0.2, 0) is 4.74 Å². The average Bonchev–Trinajstić information content (AvgIpc) is 2.53. The minimum Gasteiger partial charge on any atom is -0.385 e. The van der Waals surface area contributed by atoms with E-state index in [4.69, 9.17) is 22.2 Å². The number of guanidine groups is 1. The molecule has 0 saturated heterocycles. The van der Waals surface area contributed by atoms with Crippen molar-refractivity contribution in [1.29, 1.82) is 0 Å². The quantitative estimate of drug-likeness (QED) is 0.259. The lowest BCUT2D eigenvalue weighted by atomic mass is 10.2. The van der Waals surface area contributed by atoms with Gasteiger partial charge < -0.3 is 10.1 Å². The van der Waals surface area contributed by atoms with Crippen LogP contribution in [0, 0.1) is 0 Å². The Kier molecular flexibility index (Phi) is 5.74. The lowest BCUT2D eigenvalue weighted by molar-refractivity contribution is 0.197. The summed E-state index contributed by atoms with van der Waals surface area (Å²) in [7, 11) is 1.66. The molecule has 0 spiro atoms. The summed E-state index contributed by atoms with van der Waals surface area (Å²) in [5.41, 5.74) is 4.10. The van der Waals surface area contributed by atoms with Gasteiger partial charge in [-0.15, -0.1) is 0 Å². The predicted octanol–water partition coefficient (Wildman–Crippen LogP) is 2.16. The second-order valence-corrected chi connectivity index (χ2v) is 4.75. The van der Waals surface area contributed by atoms with Crippen molar-refractivity contribution in [2.45, 2.75) is 6.42 Å². The molecule has 0 unspecified atom stereocenters. The largest absolute Gasteiger partial charge is 0.385 e. The molecule has 2 rings (SSSR count). The Bertz CT molecular complexity index is 632. The van der Waals surface area contributed by atoms with E-state index in [9.17, 15) is 0 Å². The van der Waals surface area contributed by atoms with Crippen LogP contribution in [0.5, 0.6) is 0 Å². The molecule has 0 radical (unpaired) electrons. The van der Waals surface area contributed by atoms with Crippen LogP contribution in [-0.4, -0.2) is 31.2 Å². The summed E-state index contributed by atoms with van der Waals surface area (Å²) < 4.78 is 4.98. The van der Waals surface area contributed by atoms with Crippen molar-refractivity contribution in [1.82, 2.24) is 10.4 Å². The first-order chi connectivity index (χ1) is 10.3. The van der Waals surface area contributed by atoms with E-state index in [1.54, 1.807) is 13.3 Å². The van der Waals surface area contributed by atoms with Gasteiger partial charge in [-0.2, -0.15) is 0 Å². The molecule has 0 aliphatic heterocycles. The van der Waals surface area contributed by atoms with Crippen LogP contribution >= 0.6 is 11.6 Å². The highest BCUT2D eigenvalue weighted by atomic mass is 35.5. The van der Waals surface area contributed by atoms with E-state index in [0.29, 0.717) is 24.1 Å². The van der Waals surface area contributed by atoms with Gasteiger partial charge in [0.1, 0.15) is 0 Å². The van der Waals surface area contributed by atoms with Crippen LogP contribution in [0.2, 0.25) is 5.02 Å². The lowest BCUT2D eigenvalue weighted by Crippen LogP contribution is -2.36. The number of fused-ring (bicyclic) bond motifs is 1. The van der Waals surface area contributed by atoms with Crippen molar-refractivity contribution < 1.29 is 4.74 Å². The minimum absolute atomic E-state index is 0.473. The number of hydrogen-bond acceptors (Lipinski definition) is 4. The maximum atomic E-state index is 6.17. The van der Waals surface area contributed by atoms with Crippen LogP contribution < -0.4 is 16.6 Å². The molecule has 0 bridgehead atoms. The fourth-order valence-electron chi connectivity index (χ4n) is 1.89. The molecule has 1 aromatic heterocycles. The van der Waals surface area contributed by atoms with Crippen molar-refractivity contribution in [3.05, 3.63) is 35.5 Å². The molecule has 1 heterocycles. The van der Waals surface area contributed by atoms with Gasteiger partial charge in [0, 0.05) is 31.8 Å². The Morgan fingerprint density at radius 2 is 2.29 bits per heavy atom. The molecule has 0 fully saturated rings. The van der Waals surface area contributed by atoms with E-state index in [2.05, 4.69) is 20.7 Å². The number of ether oxygens (including phenoxy) is 1. The van der Waals surface area contributed by atoms with Gasteiger partial charge in [0.2, 0.25) is 5.96 Å². The number of nitrogens with two attached hydrogens (primary N) is 1. The van der Waals surface area contributed by atoms with Crippen LogP contribution in [0.15, 0.2) is 35.5 Å². The van der Waals surface area contributed by atoms with Crippen LogP contribution in [0.25, 0.3) is 10.9 Å². The number of aromatic nitrogens is 1. The summed E-state index contributed by atoms with van der Waals surface area (Å²) >= 11 is 6.17. The van der Waals surface area contributed by atoms with Crippen LogP contribution in [0.4, 0.5) is 5.69 Å². The number of halogens is 1. The monoisotopic (exact) mass is 307 g/mol. The number of hydrazine groups is 1. The molecule has 0 saturated carbocycles. The summed E-state index contributed by atoms with van der Waals surface area (Å²) in [6.45, 7) is 1.27. The number of rotatable bonds is 5. The molecule has 1 aromatic carbocycles. The van der Waals surface area contributed by atoms with Crippen molar-refractivity contribution in [2.24, 2.45) is 10.8 Å². The van der Waals surface area contributed by atoms with E-state index in [1.165, 1.54) is 0 Å². The second kappa shape index (κ2) is 7.78. The van der Waals surface area contributed by atoms with Gasteiger partial charge >= 0.3 is 0 Å². The SMILES string of the molecule is COCCCN=C(NN)Nc1ccc(Cl)c2cccnc12. The number of benzene rings is 1. The minimum atomic E-state index is 0.473. The van der Waals surface area contributed by atoms with Gasteiger partial charge in [-0.05, 0) is 30.7 Å². The average molecular weight is 308 g/mol. The molecule has 0 amide bonds. The number of methoxy groups -OCH3 is 1. The van der Waals surface area contributed by atoms with Crippen molar-refractivity contribution >= 4 is 34.2 Å². The summed E-state index contributed by atoms with van der Waals surface area (Å²) in [4.78, 5) is 8.68. The molecule has 0 aliphatic carbocycles. The Morgan fingerprint density at radius 1 is 1.43 bits per heavy atom. The number of anilines is 1. The predicted molar refractivity (Wildman–Crippen MR) is 86.5 cm³/mol. The molecule has 7 heteroatoms. The molecule has 21 heavy (non-hydrogen) atoms. The third kappa shape index (κ3) is 4.04. The first-order valence-corrected chi connectivity index (χ1v) is 6.94. The maximum Gasteiger partial charge on any atom is 0.210 e. The molecule has 112 valence electrons. The molecular weight excluding hydrogens is 290 g/mol. The summed E-state index contributed by atoms with van der Waals surface area (Å²) in [6, 6.07) is 7.42. The molecular formula is C14H18ClN5O. The van der Waals surface area contributed by atoms with Gasteiger partial charge in [0.25, 0.3) is 0 Å². The Balaban J connectivity index is 2.20. The fraction of sp³-hybridized carbons (Fsp3) is 0.286. The smallest absolute Gasteiger partial charge is 0.210 e. The molecule has 6 nitrogen and oxygen atoms in total. The Morgan fingerprint density at radius 3 is 3.05 bits per heavy atom. The lowest BCUT2D eigenvalue weighted by Gasteiger charge is -2.11. The van der Waals surface area contributed by atoms with Crippen molar-refractivity contribution in [3.8, 4) is 0 Å². The number of aliphatic imine (C=N–C) groups is 1. The summed E-state index contributed by atoms with van der Waals surface area (Å²) in [6.07, 6.45) is 2.54. The van der Waals surface area contributed by atoms with E-state index < -0.39 is 0 Å². The first-order valence-electron chi connectivity index (χ1n) is 6.56. The van der Waals surface area contributed by atoms with E-state index in [1.807, 2.05) is 24.3 Å². The second-order valence-electron chi connectivity index (χ2n) is 4.34. The molecule has 0 aliphatic rings. The Labute approximate surface area is 128 Å². The van der Waals surface area contributed by atoms with Gasteiger partial charge in [0.05, 0.1) is 16.2 Å². The number of nitrogens with zero attached hydrogens (tertiary/aromatic N) is 2. The van der Waals surface area contributed by atoms with Gasteiger partial charge in [-0.1, -0.05) is 11.6 Å². The number of pyridine rings is 1. The topological polar surface area (TPSA) is 84.6 Å². The zero-order chi connectivity index (χ0) is 15.1. The summed E-state index contributed by atoms with van der Waals surface area (Å²) in [5, 5.41) is 4.66. The van der Waals surface area contributed by atoms with Crippen LogP contribution in [0.1, 0.15) is 6.42 Å². The first kappa shape index (κ1) is 15.5. The molecule has 4 N–H and O–H groups in total. The normalized spacial score (nSPS) is 11.7. The van der Waals surface area contributed by atoms with E-state index in [-0.39, 0.29) is 0 Å². The summed E-state index contributed by atoms with van der Waals surface area (Å²) in [5.74, 6) is 5.96. The molecule has 0 atom stereocenters.